The van der Waals surface area contributed by atoms with Gasteiger partial charge in [0.15, 0.2) is 12.6 Å². The molecule has 3 aliphatic heterocycles. The number of carbonyl (C=O) groups is 1. The first-order valence-corrected chi connectivity index (χ1v) is 18.2. The number of nitrogens with one attached hydrogen (secondary N) is 1. The van der Waals surface area contributed by atoms with E-state index in [9.17, 15) is 30.3 Å². The minimum Gasteiger partial charge on any atom is -0.854 e. The summed E-state index contributed by atoms with van der Waals surface area (Å²) in [6, 6.07) is -0.578. The van der Waals surface area contributed by atoms with Crippen LogP contribution in [0.4, 0.5) is 0 Å². The first-order valence-electron chi connectivity index (χ1n) is 18.2. The van der Waals surface area contributed by atoms with E-state index in [1.165, 1.54) is 6.92 Å². The third kappa shape index (κ3) is 9.92. The molecular weight excluding hydrogens is 638 g/mol. The van der Waals surface area contributed by atoms with Gasteiger partial charge < -0.3 is 59.3 Å². The molecule has 3 heterocycles. The van der Waals surface area contributed by atoms with Crippen molar-refractivity contribution in [3.63, 3.8) is 0 Å². The highest BCUT2D eigenvalue weighted by Gasteiger charge is 2.51. The molecule has 49 heavy (non-hydrogen) atoms. The van der Waals surface area contributed by atoms with Crippen molar-refractivity contribution in [2.75, 3.05) is 20.3 Å². The predicted octanol–water partition coefficient (Wildman–Crippen LogP) is 1.63. The van der Waals surface area contributed by atoms with Crippen molar-refractivity contribution in [2.45, 2.75) is 179 Å². The van der Waals surface area contributed by atoms with Gasteiger partial charge in [0.05, 0.1) is 41.5 Å². The number of aliphatic hydroxyl groups is 4. The number of hydrogen-bond acceptors (Lipinski definition) is 13. The normalized spacial score (nSPS) is 49.8. The van der Waals surface area contributed by atoms with Crippen molar-refractivity contribution in [1.82, 2.24) is 5.32 Å². The fourth-order valence-electron chi connectivity index (χ4n) is 8.15. The Morgan fingerprint density at radius 1 is 0.980 bits per heavy atom. The molecule has 0 aromatic carbocycles. The van der Waals surface area contributed by atoms with Crippen LogP contribution in [0, 0.1) is 23.7 Å². The molecule has 288 valence electrons. The number of aliphatic hydroxyl groups excluding tert-OH is 2. The number of hydrogen-bond donors (Lipinski definition) is 5. The number of esters is 1. The molecule has 1 unspecified atom stereocenters. The van der Waals surface area contributed by atoms with Gasteiger partial charge in [0.1, 0.15) is 23.9 Å². The number of cyclic esters (lactones) is 1. The molecule has 0 aliphatic carbocycles. The van der Waals surface area contributed by atoms with Crippen LogP contribution in [-0.2, 0) is 33.2 Å². The Labute approximate surface area is 293 Å². The Morgan fingerprint density at radius 3 is 2.22 bits per heavy atom. The maximum Gasteiger partial charge on any atom is 0.311 e. The van der Waals surface area contributed by atoms with E-state index in [-0.39, 0.29) is 31.3 Å². The molecule has 0 saturated carbocycles. The summed E-state index contributed by atoms with van der Waals surface area (Å²) in [4.78, 5) is 14.1. The fraction of sp³-hybridized carbons (Fsp3) is 0.972. The first kappa shape index (κ1) is 42.4. The van der Waals surface area contributed by atoms with Gasteiger partial charge >= 0.3 is 5.97 Å². The Hall–Kier alpha value is -0.970. The molecule has 0 bridgehead atoms. The van der Waals surface area contributed by atoms with Crippen LogP contribution >= 0.6 is 0 Å². The van der Waals surface area contributed by atoms with Crippen LogP contribution in [0.5, 0.6) is 0 Å². The summed E-state index contributed by atoms with van der Waals surface area (Å²) in [5.41, 5.74) is -4.18. The van der Waals surface area contributed by atoms with E-state index < -0.39 is 102 Å². The smallest absolute Gasteiger partial charge is 0.311 e. The highest BCUT2D eigenvalue weighted by atomic mass is 16.7. The van der Waals surface area contributed by atoms with Crippen molar-refractivity contribution in [1.29, 1.82) is 0 Å². The third-order valence-corrected chi connectivity index (χ3v) is 11.5. The third-order valence-electron chi connectivity index (χ3n) is 11.5. The molecule has 3 fully saturated rings. The predicted molar refractivity (Wildman–Crippen MR) is 179 cm³/mol. The van der Waals surface area contributed by atoms with E-state index in [0.29, 0.717) is 19.4 Å². The quantitative estimate of drug-likeness (QED) is 0.241. The largest absolute Gasteiger partial charge is 0.854 e. The van der Waals surface area contributed by atoms with Gasteiger partial charge in [-0.2, -0.15) is 0 Å². The van der Waals surface area contributed by atoms with Crippen LogP contribution in [0.25, 0.3) is 0 Å². The maximum atomic E-state index is 14.1. The second-order valence-electron chi connectivity index (χ2n) is 15.9. The minimum absolute atomic E-state index is 0.139. The van der Waals surface area contributed by atoms with Gasteiger partial charge in [-0.15, -0.1) is 6.61 Å². The SMILES string of the molecule is CC[C@H]1OC(=O)[C@H](C)[C@@H](O[C@H]2C[C@@](C)(OC)C(C[O-])[C@H](C)O2)[C@H](C)[C@@H](O[C@@H]2O[C@H](C)CC[C@H]2O)[C@](C)(O)C[C@@H](C)CN[C@H](C)[C@@H](O)[C@]1(C)O. The van der Waals surface area contributed by atoms with Crippen molar-refractivity contribution in [2.24, 2.45) is 23.7 Å². The molecule has 17 atom stereocenters. The summed E-state index contributed by atoms with van der Waals surface area (Å²) in [5.74, 6) is -2.97. The standard InChI is InChI=1S/C36H66NO12/c1-12-27-36(10,43)30(40)23(6)37-17-19(2)15-34(8,42)31(49-33-26(39)14-13-20(3)45-33)21(4)29(22(5)32(41)47-27)48-28-16-35(9,44-11)25(18-38)24(7)46-28/h19-31,33,37,39-40,42-43H,12-18H2,1-11H3/q-1/t19-,20-,21+,22-,23-,24+,25?,26-,27-,28+,29+,30-,31-,33+,34-,35-,36-/m1/s1. The lowest BCUT2D eigenvalue weighted by Crippen LogP contribution is -2.59. The summed E-state index contributed by atoms with van der Waals surface area (Å²) in [7, 11) is 1.55. The number of carbonyl (C=O) groups excluding carboxylic acids is 1. The number of rotatable bonds is 7. The van der Waals surface area contributed by atoms with E-state index in [0.717, 1.165) is 0 Å². The summed E-state index contributed by atoms with van der Waals surface area (Å²) in [5, 5.41) is 61.4. The van der Waals surface area contributed by atoms with Gasteiger partial charge in [0.25, 0.3) is 0 Å². The molecule has 3 saturated heterocycles. The van der Waals surface area contributed by atoms with E-state index in [2.05, 4.69) is 5.32 Å². The van der Waals surface area contributed by atoms with Gasteiger partial charge in [-0.3, -0.25) is 4.79 Å². The Morgan fingerprint density at radius 2 is 1.63 bits per heavy atom. The molecule has 3 rings (SSSR count). The molecular formula is C36H66NO12-. The van der Waals surface area contributed by atoms with Crippen LogP contribution in [0.3, 0.4) is 0 Å². The average Bonchev–Trinajstić information content (AvgIpc) is 3.03. The topological polar surface area (TPSA) is 188 Å². The van der Waals surface area contributed by atoms with E-state index >= 15 is 0 Å². The average molecular weight is 705 g/mol. The van der Waals surface area contributed by atoms with Gasteiger partial charge in [-0.1, -0.05) is 20.8 Å². The van der Waals surface area contributed by atoms with Crippen LogP contribution in [0.1, 0.15) is 101 Å². The van der Waals surface area contributed by atoms with E-state index in [4.69, 9.17) is 28.4 Å². The zero-order chi connectivity index (χ0) is 37.1. The van der Waals surface area contributed by atoms with Crippen LogP contribution in [-0.4, -0.2) is 125 Å². The van der Waals surface area contributed by atoms with Crippen molar-refractivity contribution >= 4 is 5.97 Å². The summed E-state index contributed by atoms with van der Waals surface area (Å²) >= 11 is 0. The summed E-state index contributed by atoms with van der Waals surface area (Å²) in [6.07, 6.45) is -6.11. The van der Waals surface area contributed by atoms with Crippen LogP contribution < -0.4 is 10.4 Å². The Bertz CT molecular complexity index is 1050. The lowest BCUT2D eigenvalue weighted by Gasteiger charge is -2.50. The van der Waals surface area contributed by atoms with E-state index in [1.807, 2.05) is 27.7 Å². The van der Waals surface area contributed by atoms with Crippen molar-refractivity contribution in [3.05, 3.63) is 0 Å². The number of ether oxygens (including phenoxy) is 6. The summed E-state index contributed by atoms with van der Waals surface area (Å²) < 4.78 is 37.3. The second kappa shape index (κ2) is 17.2. The maximum absolute atomic E-state index is 14.1. The zero-order valence-corrected chi connectivity index (χ0v) is 31.6. The highest BCUT2D eigenvalue weighted by molar-refractivity contribution is 5.73. The first-order chi connectivity index (χ1) is 22.7. The van der Waals surface area contributed by atoms with Gasteiger partial charge in [-0.05, 0) is 92.5 Å². The lowest BCUT2D eigenvalue weighted by molar-refractivity contribution is -0.406. The zero-order valence-electron chi connectivity index (χ0n) is 31.6. The van der Waals surface area contributed by atoms with Crippen molar-refractivity contribution < 1.29 is 58.7 Å². The van der Waals surface area contributed by atoms with Crippen LogP contribution in [0.15, 0.2) is 0 Å². The number of methoxy groups -OCH3 is 1. The molecule has 3 aliphatic rings. The molecule has 13 heteroatoms. The highest BCUT2D eigenvalue weighted by Crippen LogP contribution is 2.41. The van der Waals surface area contributed by atoms with E-state index in [1.54, 1.807) is 41.7 Å². The molecule has 0 aromatic rings. The summed E-state index contributed by atoms with van der Waals surface area (Å²) in [6.45, 7) is 17.6. The van der Waals surface area contributed by atoms with Crippen LogP contribution in [0.2, 0.25) is 0 Å². The second-order valence-corrected chi connectivity index (χ2v) is 15.9. The fourth-order valence-corrected chi connectivity index (χ4v) is 8.15. The van der Waals surface area contributed by atoms with Gasteiger partial charge in [-0.25, -0.2) is 0 Å². The molecule has 0 aromatic heterocycles. The Balaban J connectivity index is 2.12. The lowest BCUT2D eigenvalue weighted by atomic mass is 9.77. The van der Waals surface area contributed by atoms with Crippen molar-refractivity contribution in [3.8, 4) is 0 Å². The van der Waals surface area contributed by atoms with Gasteiger partial charge in [0, 0.05) is 25.5 Å². The van der Waals surface area contributed by atoms with Gasteiger partial charge in [0.2, 0.25) is 0 Å². The minimum atomic E-state index is -1.79. The molecule has 0 amide bonds. The molecule has 13 nitrogen and oxygen atoms in total. The monoisotopic (exact) mass is 704 g/mol. The molecule has 0 radical (unpaired) electrons. The molecule has 0 spiro atoms. The Kier molecular flexibility index (Phi) is 14.9. The molecule has 5 N–H and O–H groups in total.